The van der Waals surface area contributed by atoms with Crippen LogP contribution in [0.2, 0.25) is 0 Å². The molecule has 21 heavy (non-hydrogen) atoms. The van der Waals surface area contributed by atoms with Crippen molar-refractivity contribution >= 4 is 22.5 Å². The van der Waals surface area contributed by atoms with Crippen LogP contribution in [0.25, 0.3) is 10.9 Å². The molecule has 0 saturated carbocycles. The van der Waals surface area contributed by atoms with Crippen LogP contribution in [-0.4, -0.2) is 23.0 Å². The number of rotatable bonds is 3. The Bertz CT molecular complexity index is 788. The second-order valence-corrected chi connectivity index (χ2v) is 4.45. The van der Waals surface area contributed by atoms with Crippen molar-refractivity contribution in [3.63, 3.8) is 0 Å². The van der Waals surface area contributed by atoms with Crippen molar-refractivity contribution < 1.29 is 9.53 Å². The fourth-order valence-electron chi connectivity index (χ4n) is 2.06. The third-order valence-electron chi connectivity index (χ3n) is 3.09. The molecule has 3 aromatic rings. The van der Waals surface area contributed by atoms with E-state index in [1.165, 1.54) is 0 Å². The zero-order valence-corrected chi connectivity index (χ0v) is 11.4. The van der Waals surface area contributed by atoms with Gasteiger partial charge in [-0.3, -0.25) is 14.8 Å². The Labute approximate surface area is 121 Å². The minimum atomic E-state index is -0.210. The summed E-state index contributed by atoms with van der Waals surface area (Å²) in [5.74, 6) is 0.479. The number of aromatic nitrogens is 2. The van der Waals surface area contributed by atoms with Gasteiger partial charge in [-0.15, -0.1) is 0 Å². The molecule has 2 aromatic heterocycles. The normalized spacial score (nSPS) is 10.3. The quantitative estimate of drug-likeness (QED) is 0.800. The summed E-state index contributed by atoms with van der Waals surface area (Å²) in [7, 11) is 1.60. The van der Waals surface area contributed by atoms with E-state index in [-0.39, 0.29) is 5.91 Å². The van der Waals surface area contributed by atoms with Crippen LogP contribution in [0, 0.1) is 0 Å². The van der Waals surface area contributed by atoms with Crippen molar-refractivity contribution in [2.75, 3.05) is 12.4 Å². The zero-order chi connectivity index (χ0) is 14.7. The Morgan fingerprint density at radius 3 is 2.76 bits per heavy atom. The molecule has 104 valence electrons. The highest BCUT2D eigenvalue weighted by Gasteiger charge is 2.09. The minimum Gasteiger partial charge on any atom is -0.494 e. The molecule has 0 atom stereocenters. The monoisotopic (exact) mass is 279 g/mol. The first kappa shape index (κ1) is 13.1. The predicted molar refractivity (Wildman–Crippen MR) is 80.5 cm³/mol. The van der Waals surface area contributed by atoms with Gasteiger partial charge < -0.3 is 10.1 Å². The van der Waals surface area contributed by atoms with Gasteiger partial charge in [0, 0.05) is 29.7 Å². The molecular weight excluding hydrogens is 266 g/mol. The highest BCUT2D eigenvalue weighted by atomic mass is 16.5. The number of hydrogen-bond donors (Lipinski definition) is 1. The van der Waals surface area contributed by atoms with Gasteiger partial charge in [-0.1, -0.05) is 12.1 Å². The van der Waals surface area contributed by atoms with E-state index in [1.807, 2.05) is 18.2 Å². The number of amides is 1. The van der Waals surface area contributed by atoms with Crippen molar-refractivity contribution in [2.24, 2.45) is 0 Å². The minimum absolute atomic E-state index is 0.210. The average molecular weight is 279 g/mol. The second kappa shape index (κ2) is 5.58. The number of hydrogen-bond acceptors (Lipinski definition) is 4. The Morgan fingerprint density at radius 2 is 2.00 bits per heavy atom. The molecule has 1 N–H and O–H groups in total. The standard InChI is InChI=1S/C16H13N3O2/c1-21-14-4-2-3-11-9-12(10-18-15(11)14)16(20)19-13-5-7-17-8-6-13/h2-10H,1H3,(H,17,19,20). The number of nitrogens with one attached hydrogen (secondary N) is 1. The maximum Gasteiger partial charge on any atom is 0.257 e. The Hall–Kier alpha value is -2.95. The van der Waals surface area contributed by atoms with Crippen LogP contribution in [0.4, 0.5) is 5.69 Å². The molecule has 2 heterocycles. The summed E-state index contributed by atoms with van der Waals surface area (Å²) in [6.45, 7) is 0. The van der Waals surface area contributed by atoms with Crippen LogP contribution < -0.4 is 10.1 Å². The van der Waals surface area contributed by atoms with Gasteiger partial charge in [0.1, 0.15) is 11.3 Å². The first-order valence-corrected chi connectivity index (χ1v) is 6.42. The second-order valence-electron chi connectivity index (χ2n) is 4.45. The van der Waals surface area contributed by atoms with Gasteiger partial charge in [0.05, 0.1) is 12.7 Å². The van der Waals surface area contributed by atoms with Gasteiger partial charge >= 0.3 is 0 Å². The van der Waals surface area contributed by atoms with Gasteiger partial charge in [0.25, 0.3) is 5.91 Å². The van der Waals surface area contributed by atoms with Crippen molar-refractivity contribution in [3.05, 3.63) is 60.6 Å². The topological polar surface area (TPSA) is 64.1 Å². The summed E-state index contributed by atoms with van der Waals surface area (Å²) >= 11 is 0. The molecule has 1 aromatic carbocycles. The lowest BCUT2D eigenvalue weighted by atomic mass is 10.1. The maximum atomic E-state index is 12.2. The van der Waals surface area contributed by atoms with Gasteiger partial charge in [-0.2, -0.15) is 0 Å². The molecule has 0 aliphatic rings. The fraction of sp³-hybridized carbons (Fsp3) is 0.0625. The van der Waals surface area contributed by atoms with E-state index in [9.17, 15) is 4.79 Å². The van der Waals surface area contributed by atoms with Crippen molar-refractivity contribution in [2.45, 2.75) is 0 Å². The van der Waals surface area contributed by atoms with Crippen LogP contribution in [0.1, 0.15) is 10.4 Å². The van der Waals surface area contributed by atoms with Crippen LogP contribution >= 0.6 is 0 Å². The van der Waals surface area contributed by atoms with E-state index >= 15 is 0 Å². The van der Waals surface area contributed by atoms with Gasteiger partial charge in [-0.05, 0) is 24.3 Å². The maximum absolute atomic E-state index is 12.2. The van der Waals surface area contributed by atoms with Crippen molar-refractivity contribution in [1.82, 2.24) is 9.97 Å². The van der Waals surface area contributed by atoms with Crippen LogP contribution in [-0.2, 0) is 0 Å². The SMILES string of the molecule is COc1cccc2cc(C(=O)Nc3ccncc3)cnc12. The largest absolute Gasteiger partial charge is 0.494 e. The molecule has 5 nitrogen and oxygen atoms in total. The number of ether oxygens (including phenoxy) is 1. The first-order valence-electron chi connectivity index (χ1n) is 6.42. The summed E-state index contributed by atoms with van der Waals surface area (Å²) in [4.78, 5) is 20.4. The Balaban J connectivity index is 1.92. The van der Waals surface area contributed by atoms with E-state index in [2.05, 4.69) is 15.3 Å². The van der Waals surface area contributed by atoms with Gasteiger partial charge in [-0.25, -0.2) is 0 Å². The van der Waals surface area contributed by atoms with Crippen LogP contribution in [0.3, 0.4) is 0 Å². The van der Waals surface area contributed by atoms with Crippen molar-refractivity contribution in [1.29, 1.82) is 0 Å². The molecule has 0 unspecified atom stereocenters. The first-order chi connectivity index (χ1) is 10.3. The molecule has 0 aliphatic carbocycles. The van der Waals surface area contributed by atoms with Crippen LogP contribution in [0.5, 0.6) is 5.75 Å². The summed E-state index contributed by atoms with van der Waals surface area (Å²) in [6.07, 6.45) is 4.79. The number of nitrogens with zero attached hydrogens (tertiary/aromatic N) is 2. The van der Waals surface area contributed by atoms with E-state index in [1.54, 1.807) is 43.9 Å². The summed E-state index contributed by atoms with van der Waals surface area (Å²) < 4.78 is 5.25. The molecular formula is C16H13N3O2. The number of fused-ring (bicyclic) bond motifs is 1. The smallest absolute Gasteiger partial charge is 0.257 e. The lowest BCUT2D eigenvalue weighted by Crippen LogP contribution is -2.12. The molecule has 0 bridgehead atoms. The summed E-state index contributed by atoms with van der Waals surface area (Å²) in [5.41, 5.74) is 1.92. The lowest BCUT2D eigenvalue weighted by Gasteiger charge is -2.07. The third kappa shape index (κ3) is 2.67. The highest BCUT2D eigenvalue weighted by molar-refractivity contribution is 6.06. The highest BCUT2D eigenvalue weighted by Crippen LogP contribution is 2.23. The molecule has 3 rings (SSSR count). The van der Waals surface area contributed by atoms with Gasteiger partial charge in [0.2, 0.25) is 0 Å². The van der Waals surface area contributed by atoms with E-state index in [4.69, 9.17) is 4.74 Å². The van der Waals surface area contributed by atoms with E-state index in [0.29, 0.717) is 17.0 Å². The number of methoxy groups -OCH3 is 1. The molecule has 5 heteroatoms. The number of para-hydroxylation sites is 1. The number of anilines is 1. The molecule has 1 amide bonds. The molecule has 0 fully saturated rings. The number of pyridine rings is 2. The van der Waals surface area contributed by atoms with Crippen molar-refractivity contribution in [3.8, 4) is 5.75 Å². The fourth-order valence-corrected chi connectivity index (χ4v) is 2.06. The summed E-state index contributed by atoms with van der Waals surface area (Å²) in [5, 5.41) is 3.66. The number of benzene rings is 1. The van der Waals surface area contributed by atoms with E-state index < -0.39 is 0 Å². The zero-order valence-electron chi connectivity index (χ0n) is 11.4. The molecule has 0 aliphatic heterocycles. The number of carbonyl (C=O) groups is 1. The predicted octanol–water partition coefficient (Wildman–Crippen LogP) is 2.89. The summed E-state index contributed by atoms with van der Waals surface area (Å²) in [6, 6.07) is 10.9. The Morgan fingerprint density at radius 1 is 1.19 bits per heavy atom. The average Bonchev–Trinajstić information content (AvgIpc) is 2.54. The lowest BCUT2D eigenvalue weighted by molar-refractivity contribution is 0.102. The Kier molecular flexibility index (Phi) is 3.47. The molecule has 0 spiro atoms. The van der Waals surface area contributed by atoms with Gasteiger partial charge in [0.15, 0.2) is 0 Å². The van der Waals surface area contributed by atoms with E-state index in [0.717, 1.165) is 10.9 Å². The van der Waals surface area contributed by atoms with Crippen LogP contribution in [0.15, 0.2) is 55.0 Å². The molecule has 0 saturated heterocycles. The third-order valence-corrected chi connectivity index (χ3v) is 3.09. The molecule has 0 radical (unpaired) electrons. The number of carbonyl (C=O) groups excluding carboxylic acids is 1.